The number of likely N-dealkylation sites (tertiary alicyclic amines) is 1. The van der Waals surface area contributed by atoms with E-state index in [1.807, 2.05) is 11.0 Å². The third-order valence-corrected chi connectivity index (χ3v) is 7.94. The highest BCUT2D eigenvalue weighted by Gasteiger charge is 2.43. The second-order valence-electron chi connectivity index (χ2n) is 9.27. The first-order valence-electron chi connectivity index (χ1n) is 11.7. The van der Waals surface area contributed by atoms with Crippen LogP contribution < -0.4 is 0 Å². The number of amides is 1. The highest BCUT2D eigenvalue weighted by molar-refractivity contribution is 9.10. The monoisotopic (exact) mass is 566 g/mol. The molecule has 3 aromatic carbocycles. The first kappa shape index (κ1) is 23.4. The predicted octanol–water partition coefficient (Wildman–Crippen LogP) is 6.55. The Kier molecular flexibility index (Phi) is 5.74. The number of carbonyl (C=O) groups excluding carboxylic acids is 2. The Morgan fingerprint density at radius 1 is 1.00 bits per heavy atom. The maximum atomic E-state index is 13.8. The van der Waals surface area contributed by atoms with Crippen molar-refractivity contribution >= 4 is 50.2 Å². The molecule has 1 spiro atoms. The molecule has 0 atom stereocenters. The van der Waals surface area contributed by atoms with Gasteiger partial charge in [0.2, 0.25) is 0 Å². The van der Waals surface area contributed by atoms with Gasteiger partial charge in [0.25, 0.3) is 11.8 Å². The number of aromatic nitrogens is 1. The molecule has 5 nitrogen and oxygen atoms in total. The number of carbonyl (C=O) groups is 2. The smallest absolute Gasteiger partial charge is 0.262 e. The topological polar surface area (TPSA) is 51.5 Å². The Labute approximate surface area is 220 Å². The van der Waals surface area contributed by atoms with E-state index in [2.05, 4.69) is 28.1 Å². The Hall–Kier alpha value is -3.00. The van der Waals surface area contributed by atoms with E-state index in [4.69, 9.17) is 16.3 Å². The van der Waals surface area contributed by atoms with Gasteiger partial charge in [-0.3, -0.25) is 14.2 Å². The number of hydrogen-bond donors (Lipinski definition) is 0. The Morgan fingerprint density at radius 2 is 1.81 bits per heavy atom. The van der Waals surface area contributed by atoms with Crippen LogP contribution in [-0.2, 0) is 16.9 Å². The molecular formula is C28H21BrClFN2O3. The lowest BCUT2D eigenvalue weighted by atomic mass is 9.83. The summed E-state index contributed by atoms with van der Waals surface area (Å²) >= 11 is 9.75. The first-order chi connectivity index (χ1) is 17.3. The third-order valence-electron chi connectivity index (χ3n) is 7.21. The van der Waals surface area contributed by atoms with Crippen molar-refractivity contribution in [2.45, 2.75) is 25.0 Å². The summed E-state index contributed by atoms with van der Waals surface area (Å²) < 4.78 is 22.4. The SMILES string of the molecule is O=C(c1cn(C(=O)c2cccc(F)c2)c2cc(Cl)ccc12)N1CCC2(CC1)OCc1cc(Br)ccc12. The van der Waals surface area contributed by atoms with Gasteiger partial charge in [0, 0.05) is 39.7 Å². The lowest BCUT2D eigenvalue weighted by Crippen LogP contribution is -2.45. The maximum Gasteiger partial charge on any atom is 0.262 e. The van der Waals surface area contributed by atoms with E-state index in [0.29, 0.717) is 54.0 Å². The van der Waals surface area contributed by atoms with Crippen molar-refractivity contribution in [2.24, 2.45) is 0 Å². The second-order valence-corrected chi connectivity index (χ2v) is 10.6. The van der Waals surface area contributed by atoms with Gasteiger partial charge in [0.15, 0.2) is 0 Å². The average Bonchev–Trinajstić information content (AvgIpc) is 3.42. The third kappa shape index (κ3) is 3.86. The zero-order valence-electron chi connectivity index (χ0n) is 19.1. The van der Waals surface area contributed by atoms with Gasteiger partial charge in [-0.05, 0) is 66.4 Å². The van der Waals surface area contributed by atoms with Crippen molar-refractivity contribution in [3.05, 3.63) is 104 Å². The van der Waals surface area contributed by atoms with E-state index in [0.717, 1.165) is 4.47 Å². The molecule has 1 aromatic heterocycles. The van der Waals surface area contributed by atoms with Crippen LogP contribution in [0.15, 0.2) is 71.3 Å². The molecule has 36 heavy (non-hydrogen) atoms. The molecule has 1 fully saturated rings. The van der Waals surface area contributed by atoms with Gasteiger partial charge in [-0.1, -0.05) is 45.7 Å². The minimum atomic E-state index is -0.503. The quantitative estimate of drug-likeness (QED) is 0.276. The van der Waals surface area contributed by atoms with E-state index < -0.39 is 11.7 Å². The summed E-state index contributed by atoms with van der Waals surface area (Å²) in [6, 6.07) is 16.8. The summed E-state index contributed by atoms with van der Waals surface area (Å²) in [6.07, 6.45) is 2.93. The molecule has 0 bridgehead atoms. The molecule has 0 saturated carbocycles. The van der Waals surface area contributed by atoms with E-state index >= 15 is 0 Å². The van der Waals surface area contributed by atoms with E-state index in [1.54, 1.807) is 30.5 Å². The molecule has 2 aliphatic heterocycles. The van der Waals surface area contributed by atoms with E-state index in [9.17, 15) is 14.0 Å². The second kappa shape index (κ2) is 8.83. The molecule has 1 saturated heterocycles. The van der Waals surface area contributed by atoms with Crippen molar-refractivity contribution in [2.75, 3.05) is 13.1 Å². The highest BCUT2D eigenvalue weighted by Crippen LogP contribution is 2.45. The fraction of sp³-hybridized carbons (Fsp3) is 0.214. The van der Waals surface area contributed by atoms with Crippen LogP contribution in [0, 0.1) is 5.82 Å². The number of piperidine rings is 1. The fourth-order valence-corrected chi connectivity index (χ4v) is 5.95. The van der Waals surface area contributed by atoms with Crippen LogP contribution >= 0.6 is 27.5 Å². The number of rotatable bonds is 2. The Balaban J connectivity index is 1.31. The standard InChI is InChI=1S/C28H21BrClFN2O3/c29-19-4-7-24-18(12-19)16-36-28(24)8-10-32(11-9-28)27(35)23-15-33(25-14-20(30)5-6-22(23)25)26(34)17-2-1-3-21(31)13-17/h1-7,12-15H,8-11,16H2. The number of halogens is 3. The highest BCUT2D eigenvalue weighted by atomic mass is 79.9. The Morgan fingerprint density at radius 3 is 2.58 bits per heavy atom. The van der Waals surface area contributed by atoms with Gasteiger partial charge < -0.3 is 9.64 Å². The number of nitrogens with zero attached hydrogens (tertiary/aromatic N) is 2. The van der Waals surface area contributed by atoms with Gasteiger partial charge in [-0.25, -0.2) is 4.39 Å². The average molecular weight is 568 g/mol. The molecule has 0 unspecified atom stereocenters. The number of benzene rings is 3. The maximum absolute atomic E-state index is 13.8. The van der Waals surface area contributed by atoms with Crippen molar-refractivity contribution in [3.8, 4) is 0 Å². The lowest BCUT2D eigenvalue weighted by molar-refractivity contribution is -0.0741. The van der Waals surface area contributed by atoms with Gasteiger partial charge in [-0.2, -0.15) is 0 Å². The molecule has 2 aliphatic rings. The minimum Gasteiger partial charge on any atom is -0.365 e. The van der Waals surface area contributed by atoms with Crippen LogP contribution in [0.25, 0.3) is 10.9 Å². The molecule has 6 rings (SSSR count). The Bertz CT molecular complexity index is 1540. The molecule has 0 radical (unpaired) electrons. The van der Waals surface area contributed by atoms with Crippen LogP contribution in [0.1, 0.15) is 44.7 Å². The van der Waals surface area contributed by atoms with Crippen molar-refractivity contribution < 1.29 is 18.7 Å². The zero-order valence-corrected chi connectivity index (χ0v) is 21.5. The van der Waals surface area contributed by atoms with E-state index in [-0.39, 0.29) is 17.1 Å². The van der Waals surface area contributed by atoms with E-state index in [1.165, 1.54) is 33.9 Å². The van der Waals surface area contributed by atoms with Crippen LogP contribution in [0.2, 0.25) is 5.02 Å². The first-order valence-corrected chi connectivity index (χ1v) is 12.8. The summed E-state index contributed by atoms with van der Waals surface area (Å²) in [5.74, 6) is -1.09. The van der Waals surface area contributed by atoms with Gasteiger partial charge >= 0.3 is 0 Å². The van der Waals surface area contributed by atoms with Gasteiger partial charge in [0.1, 0.15) is 5.82 Å². The molecule has 0 aliphatic carbocycles. The largest absolute Gasteiger partial charge is 0.365 e. The molecular weight excluding hydrogens is 547 g/mol. The number of hydrogen-bond acceptors (Lipinski definition) is 3. The molecule has 8 heteroatoms. The van der Waals surface area contributed by atoms with Gasteiger partial charge in [-0.15, -0.1) is 0 Å². The van der Waals surface area contributed by atoms with Crippen LogP contribution in [0.3, 0.4) is 0 Å². The van der Waals surface area contributed by atoms with Crippen LogP contribution in [0.4, 0.5) is 4.39 Å². The molecule has 182 valence electrons. The summed E-state index contributed by atoms with van der Waals surface area (Å²) in [5.41, 5.74) is 3.12. The van der Waals surface area contributed by atoms with Crippen molar-refractivity contribution in [1.29, 1.82) is 0 Å². The van der Waals surface area contributed by atoms with Crippen molar-refractivity contribution in [3.63, 3.8) is 0 Å². The molecule has 4 aromatic rings. The van der Waals surface area contributed by atoms with Crippen LogP contribution in [-0.4, -0.2) is 34.4 Å². The number of fused-ring (bicyclic) bond motifs is 3. The normalized spacial score (nSPS) is 16.5. The molecule has 3 heterocycles. The number of ether oxygens (including phenoxy) is 1. The van der Waals surface area contributed by atoms with Gasteiger partial charge in [0.05, 0.1) is 23.3 Å². The molecule has 1 amide bonds. The summed E-state index contributed by atoms with van der Waals surface area (Å²) in [5, 5.41) is 1.07. The minimum absolute atomic E-state index is 0.156. The lowest BCUT2D eigenvalue weighted by Gasteiger charge is -2.39. The zero-order chi connectivity index (χ0) is 25.0. The summed E-state index contributed by atoms with van der Waals surface area (Å²) in [4.78, 5) is 28.7. The van der Waals surface area contributed by atoms with Crippen molar-refractivity contribution in [1.82, 2.24) is 9.47 Å². The van der Waals surface area contributed by atoms with Crippen LogP contribution in [0.5, 0.6) is 0 Å². The summed E-state index contributed by atoms with van der Waals surface area (Å²) in [7, 11) is 0. The fourth-order valence-electron chi connectivity index (χ4n) is 5.37. The summed E-state index contributed by atoms with van der Waals surface area (Å²) in [6.45, 7) is 1.64. The molecule has 0 N–H and O–H groups in total. The predicted molar refractivity (Wildman–Crippen MR) is 139 cm³/mol.